The van der Waals surface area contributed by atoms with Crippen molar-refractivity contribution < 1.29 is 4.74 Å². The third kappa shape index (κ3) is 3.47. The van der Waals surface area contributed by atoms with Crippen molar-refractivity contribution >= 4 is 0 Å². The largest absolute Gasteiger partial charge is 0.380 e. The van der Waals surface area contributed by atoms with Gasteiger partial charge in [-0.3, -0.25) is 0 Å². The highest BCUT2D eigenvalue weighted by molar-refractivity contribution is 4.85. The van der Waals surface area contributed by atoms with E-state index in [2.05, 4.69) is 15.3 Å². The van der Waals surface area contributed by atoms with Crippen molar-refractivity contribution in [2.24, 2.45) is 5.92 Å². The molecule has 0 radical (unpaired) electrons. The molecule has 1 aromatic heterocycles. The minimum absolute atomic E-state index is 0.791. The van der Waals surface area contributed by atoms with Gasteiger partial charge in [0.15, 0.2) is 0 Å². The fourth-order valence-electron chi connectivity index (χ4n) is 1.28. The zero-order chi connectivity index (χ0) is 9.64. The third-order valence-corrected chi connectivity index (χ3v) is 2.32. The molecule has 4 heteroatoms. The molecule has 2 N–H and O–H groups in total. The van der Waals surface area contributed by atoms with Gasteiger partial charge in [0.1, 0.15) is 5.82 Å². The molecule has 0 aromatic carbocycles. The minimum Gasteiger partial charge on any atom is -0.380 e. The Hall–Kier alpha value is -0.870. The lowest BCUT2D eigenvalue weighted by Gasteiger charge is -2.03. The first-order chi connectivity index (χ1) is 6.95. The maximum absolute atomic E-state index is 5.48. The number of imidazole rings is 1. The Labute approximate surface area is 84.1 Å². The Morgan fingerprint density at radius 1 is 1.57 bits per heavy atom. The number of aromatic nitrogens is 2. The first-order valence-electron chi connectivity index (χ1n) is 5.22. The number of hydrogen-bond donors (Lipinski definition) is 2. The normalized spacial score (nSPS) is 16.0. The summed E-state index contributed by atoms with van der Waals surface area (Å²) in [7, 11) is 0. The Bertz CT molecular complexity index is 244. The zero-order valence-electron chi connectivity index (χ0n) is 8.33. The number of ether oxygens (including phenoxy) is 1. The van der Waals surface area contributed by atoms with E-state index in [0.717, 1.165) is 38.0 Å². The van der Waals surface area contributed by atoms with Crippen molar-refractivity contribution in [2.45, 2.75) is 19.4 Å². The molecule has 1 aromatic rings. The van der Waals surface area contributed by atoms with E-state index in [1.807, 2.05) is 6.20 Å². The Balaban J connectivity index is 1.43. The average Bonchev–Trinajstić information content (AvgIpc) is 2.87. The summed E-state index contributed by atoms with van der Waals surface area (Å²) in [6.45, 7) is 3.44. The van der Waals surface area contributed by atoms with Gasteiger partial charge >= 0.3 is 0 Å². The van der Waals surface area contributed by atoms with Gasteiger partial charge in [-0.15, -0.1) is 0 Å². The SMILES string of the molecule is c1c[nH]c(CNCCOCC2CC2)n1. The summed E-state index contributed by atoms with van der Waals surface area (Å²) in [6.07, 6.45) is 6.32. The average molecular weight is 195 g/mol. The van der Waals surface area contributed by atoms with Crippen LogP contribution in [0.1, 0.15) is 18.7 Å². The minimum atomic E-state index is 0.791. The number of nitrogens with zero attached hydrogens (tertiary/aromatic N) is 1. The van der Waals surface area contributed by atoms with Crippen LogP contribution >= 0.6 is 0 Å². The van der Waals surface area contributed by atoms with E-state index in [0.29, 0.717) is 0 Å². The standard InChI is InChI=1S/C10H17N3O/c1-2-9(1)8-14-6-5-11-7-10-12-3-4-13-10/h3-4,9,11H,1-2,5-8H2,(H,12,13). The van der Waals surface area contributed by atoms with Gasteiger partial charge in [-0.1, -0.05) is 0 Å². The van der Waals surface area contributed by atoms with Crippen LogP contribution in [-0.2, 0) is 11.3 Å². The smallest absolute Gasteiger partial charge is 0.120 e. The van der Waals surface area contributed by atoms with Gasteiger partial charge in [0.25, 0.3) is 0 Å². The molecule has 14 heavy (non-hydrogen) atoms. The third-order valence-electron chi connectivity index (χ3n) is 2.32. The van der Waals surface area contributed by atoms with E-state index in [-0.39, 0.29) is 0 Å². The van der Waals surface area contributed by atoms with Crippen LogP contribution in [0.2, 0.25) is 0 Å². The van der Waals surface area contributed by atoms with Gasteiger partial charge in [-0.25, -0.2) is 4.98 Å². The van der Waals surface area contributed by atoms with Gasteiger partial charge in [0.05, 0.1) is 13.2 Å². The summed E-state index contributed by atoms with van der Waals surface area (Å²) in [5, 5.41) is 3.26. The van der Waals surface area contributed by atoms with Gasteiger partial charge < -0.3 is 15.0 Å². The molecule has 0 amide bonds. The molecule has 2 rings (SSSR count). The lowest BCUT2D eigenvalue weighted by atomic mass is 10.5. The maximum Gasteiger partial charge on any atom is 0.120 e. The summed E-state index contributed by atoms with van der Waals surface area (Å²) < 4.78 is 5.48. The number of aromatic amines is 1. The van der Waals surface area contributed by atoms with Crippen molar-refractivity contribution in [2.75, 3.05) is 19.8 Å². The van der Waals surface area contributed by atoms with E-state index >= 15 is 0 Å². The van der Waals surface area contributed by atoms with Crippen molar-refractivity contribution in [3.8, 4) is 0 Å². The molecule has 1 heterocycles. The topological polar surface area (TPSA) is 49.9 Å². The summed E-state index contributed by atoms with van der Waals surface area (Å²) in [5.41, 5.74) is 0. The Kier molecular flexibility index (Phi) is 3.54. The fourth-order valence-corrected chi connectivity index (χ4v) is 1.28. The second kappa shape index (κ2) is 5.12. The second-order valence-electron chi connectivity index (χ2n) is 3.73. The first-order valence-corrected chi connectivity index (χ1v) is 5.22. The highest BCUT2D eigenvalue weighted by Gasteiger charge is 2.20. The van der Waals surface area contributed by atoms with Crippen LogP contribution < -0.4 is 5.32 Å². The molecule has 0 saturated heterocycles. The molecule has 4 nitrogen and oxygen atoms in total. The summed E-state index contributed by atoms with van der Waals surface area (Å²) >= 11 is 0. The molecule has 1 fully saturated rings. The lowest BCUT2D eigenvalue weighted by molar-refractivity contribution is 0.126. The van der Waals surface area contributed by atoms with Crippen LogP contribution in [0.3, 0.4) is 0 Å². The quantitative estimate of drug-likeness (QED) is 0.636. The van der Waals surface area contributed by atoms with E-state index < -0.39 is 0 Å². The van der Waals surface area contributed by atoms with Crippen LogP contribution in [-0.4, -0.2) is 29.7 Å². The van der Waals surface area contributed by atoms with Crippen LogP contribution in [0.5, 0.6) is 0 Å². The molecule has 1 aliphatic rings. The van der Waals surface area contributed by atoms with Gasteiger partial charge in [0, 0.05) is 25.5 Å². The Morgan fingerprint density at radius 3 is 3.21 bits per heavy atom. The highest BCUT2D eigenvalue weighted by Crippen LogP contribution is 2.28. The van der Waals surface area contributed by atoms with Crippen LogP contribution in [0.25, 0.3) is 0 Å². The van der Waals surface area contributed by atoms with E-state index in [9.17, 15) is 0 Å². The van der Waals surface area contributed by atoms with E-state index in [1.165, 1.54) is 12.8 Å². The van der Waals surface area contributed by atoms with Gasteiger partial charge in [-0.05, 0) is 18.8 Å². The monoisotopic (exact) mass is 195 g/mol. The van der Waals surface area contributed by atoms with Crippen LogP contribution in [0, 0.1) is 5.92 Å². The first kappa shape index (κ1) is 9.68. The van der Waals surface area contributed by atoms with E-state index in [4.69, 9.17) is 4.74 Å². The fraction of sp³-hybridized carbons (Fsp3) is 0.700. The van der Waals surface area contributed by atoms with Crippen LogP contribution in [0.4, 0.5) is 0 Å². The number of hydrogen-bond acceptors (Lipinski definition) is 3. The number of nitrogens with one attached hydrogen (secondary N) is 2. The molecule has 0 aliphatic heterocycles. The van der Waals surface area contributed by atoms with Gasteiger partial charge in [-0.2, -0.15) is 0 Å². The molecule has 1 aliphatic carbocycles. The molecule has 0 bridgehead atoms. The number of rotatable bonds is 7. The molecular weight excluding hydrogens is 178 g/mol. The van der Waals surface area contributed by atoms with Gasteiger partial charge in [0.2, 0.25) is 0 Å². The molecule has 0 unspecified atom stereocenters. The zero-order valence-corrected chi connectivity index (χ0v) is 8.33. The highest BCUT2D eigenvalue weighted by atomic mass is 16.5. The summed E-state index contributed by atoms with van der Waals surface area (Å²) in [4.78, 5) is 7.16. The van der Waals surface area contributed by atoms with Crippen molar-refractivity contribution in [1.82, 2.24) is 15.3 Å². The predicted octanol–water partition coefficient (Wildman–Crippen LogP) is 0.926. The molecular formula is C10H17N3O. The number of H-pyrrole nitrogens is 1. The molecule has 0 atom stereocenters. The van der Waals surface area contributed by atoms with Crippen molar-refractivity contribution in [3.63, 3.8) is 0 Å². The summed E-state index contributed by atoms with van der Waals surface area (Å²) in [6, 6.07) is 0. The summed E-state index contributed by atoms with van der Waals surface area (Å²) in [5.74, 6) is 1.84. The molecule has 78 valence electrons. The van der Waals surface area contributed by atoms with Crippen LogP contribution in [0.15, 0.2) is 12.4 Å². The van der Waals surface area contributed by atoms with Crippen molar-refractivity contribution in [3.05, 3.63) is 18.2 Å². The lowest BCUT2D eigenvalue weighted by Crippen LogP contribution is -2.20. The predicted molar refractivity (Wildman–Crippen MR) is 53.8 cm³/mol. The second-order valence-corrected chi connectivity index (χ2v) is 3.73. The molecule has 1 saturated carbocycles. The maximum atomic E-state index is 5.48. The van der Waals surface area contributed by atoms with Crippen molar-refractivity contribution in [1.29, 1.82) is 0 Å². The van der Waals surface area contributed by atoms with E-state index in [1.54, 1.807) is 6.20 Å². The molecule has 0 spiro atoms. The Morgan fingerprint density at radius 2 is 2.50 bits per heavy atom.